The van der Waals surface area contributed by atoms with Gasteiger partial charge in [-0.3, -0.25) is 0 Å². The molecule has 90 valence electrons. The van der Waals surface area contributed by atoms with E-state index in [9.17, 15) is 4.79 Å². The molecule has 1 fully saturated rings. The van der Waals surface area contributed by atoms with Crippen LogP contribution in [0.15, 0.2) is 41.5 Å². The summed E-state index contributed by atoms with van der Waals surface area (Å²) in [5.74, 6) is -0.150. The maximum atomic E-state index is 11.7. The van der Waals surface area contributed by atoms with Crippen LogP contribution in [0, 0.1) is 0 Å². The van der Waals surface area contributed by atoms with Crippen LogP contribution in [0.2, 0.25) is 0 Å². The first kappa shape index (κ1) is 11.9. The Labute approximate surface area is 102 Å². The fourth-order valence-corrected chi connectivity index (χ4v) is 2.27. The van der Waals surface area contributed by atoms with E-state index >= 15 is 0 Å². The van der Waals surface area contributed by atoms with Crippen molar-refractivity contribution in [3.63, 3.8) is 0 Å². The fourth-order valence-electron chi connectivity index (χ4n) is 2.27. The van der Waals surface area contributed by atoms with E-state index in [1.54, 1.807) is 0 Å². The van der Waals surface area contributed by atoms with Gasteiger partial charge < -0.3 is 4.74 Å². The van der Waals surface area contributed by atoms with Crippen LogP contribution in [-0.4, -0.2) is 11.6 Å². The normalized spacial score (nSPS) is 23.7. The van der Waals surface area contributed by atoms with Crippen LogP contribution >= 0.6 is 0 Å². The zero-order valence-corrected chi connectivity index (χ0v) is 10.6. The molecule has 0 aromatic heterocycles. The number of rotatable bonds is 2. The van der Waals surface area contributed by atoms with Crippen molar-refractivity contribution in [3.8, 4) is 0 Å². The van der Waals surface area contributed by atoms with Crippen LogP contribution in [-0.2, 0) is 16.0 Å². The van der Waals surface area contributed by atoms with Gasteiger partial charge in [0.05, 0.1) is 0 Å². The predicted octanol–water partition coefficient (Wildman–Crippen LogP) is 3.27. The second kappa shape index (κ2) is 4.36. The van der Waals surface area contributed by atoms with Gasteiger partial charge in [-0.25, -0.2) is 4.79 Å². The summed E-state index contributed by atoms with van der Waals surface area (Å²) < 4.78 is 5.53. The van der Waals surface area contributed by atoms with Gasteiger partial charge in [0, 0.05) is 18.4 Å². The number of allylic oxidation sites excluding steroid dienone is 1. The summed E-state index contributed by atoms with van der Waals surface area (Å²) in [6.07, 6.45) is 1.49. The molecule has 1 unspecified atom stereocenters. The molecule has 17 heavy (non-hydrogen) atoms. The number of benzene rings is 1. The van der Waals surface area contributed by atoms with E-state index < -0.39 is 0 Å². The molecule has 1 saturated heterocycles. The van der Waals surface area contributed by atoms with Crippen molar-refractivity contribution in [2.45, 2.75) is 39.2 Å². The monoisotopic (exact) mass is 230 g/mol. The second-order valence-corrected chi connectivity index (χ2v) is 5.16. The minimum absolute atomic E-state index is 0.150. The third kappa shape index (κ3) is 2.57. The summed E-state index contributed by atoms with van der Waals surface area (Å²) in [6.45, 7) is 5.93. The van der Waals surface area contributed by atoms with Crippen LogP contribution in [0.5, 0.6) is 0 Å². The van der Waals surface area contributed by atoms with Crippen molar-refractivity contribution in [2.75, 3.05) is 0 Å². The topological polar surface area (TPSA) is 26.3 Å². The Kier molecular flexibility index (Phi) is 3.05. The fraction of sp³-hybridized carbons (Fsp3) is 0.400. The van der Waals surface area contributed by atoms with Crippen LogP contribution in [0.25, 0.3) is 0 Å². The Balaban J connectivity index is 2.18. The van der Waals surface area contributed by atoms with E-state index in [2.05, 4.69) is 12.1 Å². The molecular weight excluding hydrogens is 212 g/mol. The molecule has 1 heterocycles. The van der Waals surface area contributed by atoms with E-state index in [0.29, 0.717) is 6.42 Å². The molecule has 0 spiro atoms. The van der Waals surface area contributed by atoms with Gasteiger partial charge in [-0.15, -0.1) is 0 Å². The lowest BCUT2D eigenvalue weighted by Gasteiger charge is -2.22. The molecular formula is C15H18O2. The lowest BCUT2D eigenvalue weighted by atomic mass is 9.91. The molecule has 1 aliphatic heterocycles. The highest BCUT2D eigenvalue weighted by molar-refractivity contribution is 5.92. The van der Waals surface area contributed by atoms with Crippen molar-refractivity contribution in [1.82, 2.24) is 0 Å². The van der Waals surface area contributed by atoms with E-state index in [1.807, 2.05) is 39.0 Å². The number of ether oxygens (including phenoxy) is 1. The first-order chi connectivity index (χ1) is 8.00. The van der Waals surface area contributed by atoms with E-state index in [-0.39, 0.29) is 11.6 Å². The van der Waals surface area contributed by atoms with Crippen LogP contribution in [0.3, 0.4) is 0 Å². The van der Waals surface area contributed by atoms with Gasteiger partial charge in [0.15, 0.2) is 0 Å². The average molecular weight is 230 g/mol. The van der Waals surface area contributed by atoms with Crippen molar-refractivity contribution in [1.29, 1.82) is 0 Å². The molecule has 1 aliphatic rings. The molecule has 0 radical (unpaired) electrons. The molecule has 2 rings (SSSR count). The van der Waals surface area contributed by atoms with Crippen molar-refractivity contribution >= 4 is 5.97 Å². The van der Waals surface area contributed by atoms with Gasteiger partial charge >= 0.3 is 5.97 Å². The highest BCUT2D eigenvalue weighted by Crippen LogP contribution is 2.34. The zero-order valence-electron chi connectivity index (χ0n) is 10.6. The van der Waals surface area contributed by atoms with Crippen molar-refractivity contribution in [3.05, 3.63) is 47.0 Å². The van der Waals surface area contributed by atoms with Crippen LogP contribution < -0.4 is 0 Å². The smallest absolute Gasteiger partial charge is 0.334 e. The third-order valence-electron chi connectivity index (χ3n) is 3.16. The maximum absolute atomic E-state index is 11.7. The Morgan fingerprint density at radius 3 is 2.47 bits per heavy atom. The molecule has 0 aliphatic carbocycles. The highest BCUT2D eigenvalue weighted by atomic mass is 16.6. The predicted molar refractivity (Wildman–Crippen MR) is 67.6 cm³/mol. The molecule has 1 atom stereocenters. The number of hydrogen-bond acceptors (Lipinski definition) is 2. The van der Waals surface area contributed by atoms with E-state index in [1.165, 1.54) is 5.56 Å². The van der Waals surface area contributed by atoms with Crippen molar-refractivity contribution in [2.24, 2.45) is 0 Å². The molecule has 1 aromatic carbocycles. The molecule has 2 heteroatoms. The summed E-state index contributed by atoms with van der Waals surface area (Å²) in [6, 6.07) is 10.2. The molecule has 0 bridgehead atoms. The summed E-state index contributed by atoms with van der Waals surface area (Å²) >= 11 is 0. The van der Waals surface area contributed by atoms with E-state index in [0.717, 1.165) is 17.6 Å². The molecule has 1 aromatic rings. The Hall–Kier alpha value is -1.57. The summed E-state index contributed by atoms with van der Waals surface area (Å²) in [7, 11) is 0. The molecule has 0 saturated carbocycles. The van der Waals surface area contributed by atoms with Gasteiger partial charge in [-0.2, -0.15) is 0 Å². The van der Waals surface area contributed by atoms with Gasteiger partial charge in [0.1, 0.15) is 5.60 Å². The van der Waals surface area contributed by atoms with Gasteiger partial charge in [-0.05, 0) is 26.3 Å². The average Bonchev–Trinajstić information content (AvgIpc) is 2.55. The maximum Gasteiger partial charge on any atom is 0.334 e. The molecule has 0 amide bonds. The number of carbonyl (C=O) groups is 1. The Bertz CT molecular complexity index is 455. The number of hydrogen-bond donors (Lipinski definition) is 0. The Morgan fingerprint density at radius 1 is 1.29 bits per heavy atom. The Morgan fingerprint density at radius 2 is 1.94 bits per heavy atom. The van der Waals surface area contributed by atoms with Gasteiger partial charge in [-0.1, -0.05) is 35.9 Å². The molecule has 2 nitrogen and oxygen atoms in total. The minimum Gasteiger partial charge on any atom is -0.455 e. The first-order valence-corrected chi connectivity index (χ1v) is 5.94. The van der Waals surface area contributed by atoms with Gasteiger partial charge in [0.25, 0.3) is 0 Å². The standard InChI is InChI=1S/C15H18O2/c1-11(2)13-10-15(3,17-14(13)16)9-12-7-5-4-6-8-12/h4-8H,9-10H2,1-3H3. The lowest BCUT2D eigenvalue weighted by molar-refractivity contribution is -0.144. The SMILES string of the molecule is CC(C)=C1CC(C)(Cc2ccccc2)OC1=O. The van der Waals surface area contributed by atoms with Gasteiger partial charge in [0.2, 0.25) is 0 Å². The van der Waals surface area contributed by atoms with E-state index in [4.69, 9.17) is 4.74 Å². The summed E-state index contributed by atoms with van der Waals surface area (Å²) in [5, 5.41) is 0. The largest absolute Gasteiger partial charge is 0.455 e. The zero-order chi connectivity index (χ0) is 12.5. The third-order valence-corrected chi connectivity index (χ3v) is 3.16. The molecule has 0 N–H and O–H groups in total. The quantitative estimate of drug-likeness (QED) is 0.575. The summed E-state index contributed by atoms with van der Waals surface area (Å²) in [5.41, 5.74) is 2.72. The number of esters is 1. The summed E-state index contributed by atoms with van der Waals surface area (Å²) in [4.78, 5) is 11.7. The van der Waals surface area contributed by atoms with Crippen LogP contribution in [0.4, 0.5) is 0 Å². The number of cyclic esters (lactones) is 1. The van der Waals surface area contributed by atoms with Crippen molar-refractivity contribution < 1.29 is 9.53 Å². The number of carbonyl (C=O) groups excluding carboxylic acids is 1. The lowest BCUT2D eigenvalue weighted by Crippen LogP contribution is -2.26. The van der Waals surface area contributed by atoms with Crippen LogP contribution in [0.1, 0.15) is 32.8 Å². The first-order valence-electron chi connectivity index (χ1n) is 5.94. The minimum atomic E-state index is -0.384. The second-order valence-electron chi connectivity index (χ2n) is 5.16. The highest BCUT2D eigenvalue weighted by Gasteiger charge is 2.39.